The zero-order valence-corrected chi connectivity index (χ0v) is 9.83. The topological polar surface area (TPSA) is 46.5 Å². The van der Waals surface area contributed by atoms with E-state index >= 15 is 0 Å². The molecule has 2 fully saturated rings. The van der Waals surface area contributed by atoms with E-state index in [-0.39, 0.29) is 6.10 Å². The number of rotatable bonds is 2. The Bertz CT molecular complexity index is 244. The highest BCUT2D eigenvalue weighted by atomic mass is 32.2. The van der Waals surface area contributed by atoms with E-state index in [1.165, 1.54) is 0 Å². The average Bonchev–Trinajstić information content (AvgIpc) is 2.16. The van der Waals surface area contributed by atoms with Gasteiger partial charge in [0.15, 0.2) is 0 Å². The lowest BCUT2D eigenvalue weighted by molar-refractivity contribution is -0.143. The Balaban J connectivity index is 2.03. The van der Waals surface area contributed by atoms with Crippen molar-refractivity contribution < 1.29 is 14.6 Å². The van der Waals surface area contributed by atoms with E-state index in [0.717, 1.165) is 24.3 Å². The third-order valence-electron chi connectivity index (χ3n) is 3.42. The highest BCUT2D eigenvalue weighted by molar-refractivity contribution is 7.99. The van der Waals surface area contributed by atoms with Crippen LogP contribution in [0.1, 0.15) is 26.2 Å². The van der Waals surface area contributed by atoms with Crippen LogP contribution >= 0.6 is 11.8 Å². The first-order valence-electron chi connectivity index (χ1n) is 5.62. The van der Waals surface area contributed by atoms with E-state index in [9.17, 15) is 4.79 Å². The lowest BCUT2D eigenvalue weighted by atomic mass is 9.79. The molecule has 4 atom stereocenters. The molecule has 0 radical (unpaired) electrons. The van der Waals surface area contributed by atoms with Crippen LogP contribution in [0, 0.1) is 11.8 Å². The second-order valence-electron chi connectivity index (χ2n) is 4.61. The van der Waals surface area contributed by atoms with Crippen molar-refractivity contribution in [2.45, 2.75) is 38.4 Å². The minimum absolute atomic E-state index is 0.235. The van der Waals surface area contributed by atoms with Crippen LogP contribution in [0.3, 0.4) is 0 Å². The molecule has 15 heavy (non-hydrogen) atoms. The maximum atomic E-state index is 10.8. The number of ether oxygens (including phenoxy) is 1. The van der Waals surface area contributed by atoms with Crippen LogP contribution in [0.25, 0.3) is 0 Å². The molecule has 86 valence electrons. The van der Waals surface area contributed by atoms with Crippen LogP contribution in [0.15, 0.2) is 0 Å². The van der Waals surface area contributed by atoms with Crippen molar-refractivity contribution in [2.24, 2.45) is 11.8 Å². The van der Waals surface area contributed by atoms with Crippen LogP contribution in [-0.4, -0.2) is 34.8 Å². The molecule has 3 nitrogen and oxygen atoms in total. The fourth-order valence-electron chi connectivity index (χ4n) is 2.76. The molecule has 0 amide bonds. The summed E-state index contributed by atoms with van der Waals surface area (Å²) in [6.45, 7) is 2.06. The minimum Gasteiger partial charge on any atom is -0.481 e. The molecule has 4 unspecified atom stereocenters. The maximum absolute atomic E-state index is 10.8. The fraction of sp³-hybridized carbons (Fsp3) is 0.909. The highest BCUT2D eigenvalue weighted by Crippen LogP contribution is 2.39. The second kappa shape index (κ2) is 4.74. The first-order chi connectivity index (χ1) is 7.16. The van der Waals surface area contributed by atoms with Gasteiger partial charge in [-0.2, -0.15) is 11.8 Å². The third kappa shape index (κ3) is 2.67. The van der Waals surface area contributed by atoms with Gasteiger partial charge < -0.3 is 9.84 Å². The van der Waals surface area contributed by atoms with Gasteiger partial charge in [-0.05, 0) is 43.1 Å². The quantitative estimate of drug-likeness (QED) is 0.788. The smallest absolute Gasteiger partial charge is 0.303 e. The van der Waals surface area contributed by atoms with Crippen molar-refractivity contribution >= 4 is 17.7 Å². The van der Waals surface area contributed by atoms with Gasteiger partial charge in [0.25, 0.3) is 0 Å². The Morgan fingerprint density at radius 1 is 1.60 bits per heavy atom. The van der Waals surface area contributed by atoms with Crippen LogP contribution in [0.4, 0.5) is 0 Å². The molecular weight excluding hydrogens is 212 g/mol. The molecule has 2 rings (SSSR count). The van der Waals surface area contributed by atoms with Gasteiger partial charge >= 0.3 is 5.97 Å². The molecule has 1 N–H and O–H groups in total. The summed E-state index contributed by atoms with van der Waals surface area (Å²) >= 11 is 1.94. The van der Waals surface area contributed by atoms with E-state index in [1.807, 2.05) is 11.8 Å². The highest BCUT2D eigenvalue weighted by Gasteiger charge is 2.39. The van der Waals surface area contributed by atoms with Crippen LogP contribution in [0.5, 0.6) is 0 Å². The van der Waals surface area contributed by atoms with Crippen molar-refractivity contribution in [2.75, 3.05) is 11.5 Å². The van der Waals surface area contributed by atoms with Crippen LogP contribution in [0.2, 0.25) is 0 Å². The molecule has 0 aliphatic carbocycles. The largest absolute Gasteiger partial charge is 0.481 e. The lowest BCUT2D eigenvalue weighted by Crippen LogP contribution is -2.44. The molecule has 0 spiro atoms. The molecule has 2 aliphatic rings. The standard InChI is InChI=1S/C11H18O3S/c1-7-4-8(5-11(12)13)9-6-15-3-2-10(9)14-7/h7-10H,2-6H2,1H3,(H,12,13). The predicted octanol–water partition coefficient (Wildman–Crippen LogP) is 2.01. The summed E-state index contributed by atoms with van der Waals surface area (Å²) < 4.78 is 5.90. The minimum atomic E-state index is -0.663. The molecular formula is C11H18O3S. The SMILES string of the molecule is CC1CC(CC(=O)O)C2CSCCC2O1. The van der Waals surface area contributed by atoms with Crippen molar-refractivity contribution in [3.8, 4) is 0 Å². The van der Waals surface area contributed by atoms with E-state index in [1.54, 1.807) is 0 Å². The van der Waals surface area contributed by atoms with Crippen LogP contribution in [-0.2, 0) is 9.53 Å². The fourth-order valence-corrected chi connectivity index (χ4v) is 4.09. The zero-order valence-electron chi connectivity index (χ0n) is 9.02. The van der Waals surface area contributed by atoms with Gasteiger partial charge in [0.2, 0.25) is 0 Å². The van der Waals surface area contributed by atoms with E-state index in [0.29, 0.717) is 24.4 Å². The summed E-state index contributed by atoms with van der Waals surface area (Å²) in [6.07, 6.45) is 2.87. The normalized spacial score (nSPS) is 40.9. The van der Waals surface area contributed by atoms with Crippen molar-refractivity contribution in [3.05, 3.63) is 0 Å². The summed E-state index contributed by atoms with van der Waals surface area (Å²) in [6, 6.07) is 0. The molecule has 2 heterocycles. The zero-order chi connectivity index (χ0) is 10.8. The Hall–Kier alpha value is -0.220. The average molecular weight is 230 g/mol. The predicted molar refractivity (Wildman–Crippen MR) is 60.1 cm³/mol. The summed E-state index contributed by atoms with van der Waals surface area (Å²) in [7, 11) is 0. The number of hydrogen-bond donors (Lipinski definition) is 1. The van der Waals surface area contributed by atoms with Gasteiger partial charge in [-0.25, -0.2) is 0 Å². The Labute approximate surface area is 94.6 Å². The van der Waals surface area contributed by atoms with E-state index in [4.69, 9.17) is 9.84 Å². The number of carboxylic acid groups (broad SMARTS) is 1. The molecule has 2 aliphatic heterocycles. The lowest BCUT2D eigenvalue weighted by Gasteiger charge is -2.43. The number of thioether (sulfide) groups is 1. The van der Waals surface area contributed by atoms with Gasteiger partial charge in [-0.3, -0.25) is 4.79 Å². The molecule has 0 saturated carbocycles. The van der Waals surface area contributed by atoms with Gasteiger partial charge in [0.05, 0.1) is 12.2 Å². The van der Waals surface area contributed by atoms with E-state index < -0.39 is 5.97 Å². The molecule has 2 saturated heterocycles. The van der Waals surface area contributed by atoms with E-state index in [2.05, 4.69) is 6.92 Å². The molecule has 0 bridgehead atoms. The summed E-state index contributed by atoms with van der Waals surface area (Å²) in [5.74, 6) is 2.37. The maximum Gasteiger partial charge on any atom is 0.303 e. The van der Waals surface area contributed by atoms with Crippen molar-refractivity contribution in [3.63, 3.8) is 0 Å². The number of aliphatic carboxylic acids is 1. The number of fused-ring (bicyclic) bond motifs is 1. The Kier molecular flexibility index (Phi) is 3.57. The number of hydrogen-bond acceptors (Lipinski definition) is 3. The van der Waals surface area contributed by atoms with Crippen molar-refractivity contribution in [1.29, 1.82) is 0 Å². The molecule has 4 heteroatoms. The van der Waals surface area contributed by atoms with Crippen LogP contribution < -0.4 is 0 Å². The van der Waals surface area contributed by atoms with Gasteiger partial charge in [-0.15, -0.1) is 0 Å². The summed E-state index contributed by atoms with van der Waals surface area (Å²) in [4.78, 5) is 10.8. The first-order valence-corrected chi connectivity index (χ1v) is 6.77. The van der Waals surface area contributed by atoms with Crippen molar-refractivity contribution in [1.82, 2.24) is 0 Å². The monoisotopic (exact) mass is 230 g/mol. The number of carboxylic acids is 1. The Morgan fingerprint density at radius 2 is 2.40 bits per heavy atom. The van der Waals surface area contributed by atoms with Gasteiger partial charge in [0.1, 0.15) is 0 Å². The molecule has 0 aromatic heterocycles. The Morgan fingerprint density at radius 3 is 3.13 bits per heavy atom. The summed E-state index contributed by atoms with van der Waals surface area (Å²) in [5, 5.41) is 8.89. The summed E-state index contributed by atoms with van der Waals surface area (Å²) in [5.41, 5.74) is 0. The molecule has 0 aromatic rings. The molecule has 0 aromatic carbocycles. The van der Waals surface area contributed by atoms with Gasteiger partial charge in [0, 0.05) is 6.42 Å². The van der Waals surface area contributed by atoms with Gasteiger partial charge in [-0.1, -0.05) is 0 Å². The third-order valence-corrected chi connectivity index (χ3v) is 4.56. The number of carbonyl (C=O) groups is 1. The first kappa shape index (κ1) is 11.3. The second-order valence-corrected chi connectivity index (χ2v) is 5.76.